The quantitative estimate of drug-likeness (QED) is 0.685. The number of aliphatic hydroxyl groups excluding tert-OH is 1. The van der Waals surface area contributed by atoms with E-state index < -0.39 is 5.97 Å². The first-order valence-corrected chi connectivity index (χ1v) is 7.55. The molecule has 0 aromatic heterocycles. The van der Waals surface area contributed by atoms with Gasteiger partial charge in [-0.05, 0) is 38.1 Å². The van der Waals surface area contributed by atoms with Crippen LogP contribution in [0.3, 0.4) is 0 Å². The Bertz CT molecular complexity index is 781. The Morgan fingerprint density at radius 3 is 2.58 bits per heavy atom. The zero-order valence-electron chi connectivity index (χ0n) is 13.7. The fraction of sp³-hybridized carbons (Fsp3) is 0.278. The molecule has 0 spiro atoms. The highest BCUT2D eigenvalue weighted by Gasteiger charge is 2.27. The van der Waals surface area contributed by atoms with E-state index in [-0.39, 0.29) is 29.8 Å². The maximum Gasteiger partial charge on any atom is 0.347 e. The smallest absolute Gasteiger partial charge is 0.347 e. The van der Waals surface area contributed by atoms with Crippen LogP contribution in [0.4, 0.5) is 0 Å². The summed E-state index contributed by atoms with van der Waals surface area (Å²) in [5.74, 6) is 1.30. The first-order chi connectivity index (χ1) is 11.5. The van der Waals surface area contributed by atoms with Gasteiger partial charge in [-0.2, -0.15) is 0 Å². The molecule has 2 aromatic carbocycles. The largest absolute Gasteiger partial charge is 0.497 e. The van der Waals surface area contributed by atoms with Crippen molar-refractivity contribution in [1.29, 1.82) is 0 Å². The van der Waals surface area contributed by atoms with E-state index in [4.69, 9.17) is 18.9 Å². The molecule has 24 heavy (non-hydrogen) atoms. The van der Waals surface area contributed by atoms with Gasteiger partial charge in [0.2, 0.25) is 0 Å². The SMILES string of the molecule is COc1ccc2c(c1)OC(=O)c1ccc(OC(C)C)c(CO)c1O2. The summed E-state index contributed by atoms with van der Waals surface area (Å²) in [5, 5.41) is 9.76. The lowest BCUT2D eigenvalue weighted by atomic mass is 10.1. The number of carbonyl (C=O) groups excluding carboxylic acids is 1. The third kappa shape index (κ3) is 2.88. The maximum atomic E-state index is 12.4. The van der Waals surface area contributed by atoms with Crippen molar-refractivity contribution in [1.82, 2.24) is 0 Å². The van der Waals surface area contributed by atoms with Gasteiger partial charge in [0.05, 0.1) is 25.4 Å². The Morgan fingerprint density at radius 1 is 1.12 bits per heavy atom. The molecular formula is C18H18O6. The molecule has 1 heterocycles. The fourth-order valence-corrected chi connectivity index (χ4v) is 2.45. The second-order valence-electron chi connectivity index (χ2n) is 5.55. The van der Waals surface area contributed by atoms with Crippen LogP contribution >= 0.6 is 0 Å². The topological polar surface area (TPSA) is 74.2 Å². The van der Waals surface area contributed by atoms with Crippen LogP contribution < -0.4 is 18.9 Å². The predicted molar refractivity (Wildman–Crippen MR) is 86.2 cm³/mol. The highest BCUT2D eigenvalue weighted by Crippen LogP contribution is 2.43. The molecule has 1 aliphatic heterocycles. The first kappa shape index (κ1) is 16.1. The highest BCUT2D eigenvalue weighted by atomic mass is 16.6. The van der Waals surface area contributed by atoms with E-state index >= 15 is 0 Å². The van der Waals surface area contributed by atoms with Gasteiger partial charge in [-0.1, -0.05) is 0 Å². The summed E-state index contributed by atoms with van der Waals surface area (Å²) in [5.41, 5.74) is 0.632. The van der Waals surface area contributed by atoms with Gasteiger partial charge >= 0.3 is 5.97 Å². The molecular weight excluding hydrogens is 312 g/mol. The molecule has 0 atom stereocenters. The number of rotatable bonds is 4. The summed E-state index contributed by atoms with van der Waals surface area (Å²) in [4.78, 5) is 12.4. The molecule has 0 bridgehead atoms. The van der Waals surface area contributed by atoms with Crippen LogP contribution in [0.1, 0.15) is 29.8 Å². The molecule has 0 radical (unpaired) electrons. The van der Waals surface area contributed by atoms with Gasteiger partial charge in [-0.25, -0.2) is 4.79 Å². The molecule has 6 heteroatoms. The molecule has 126 valence electrons. The molecule has 0 amide bonds. The normalized spacial score (nSPS) is 12.6. The van der Waals surface area contributed by atoms with Crippen molar-refractivity contribution in [2.24, 2.45) is 0 Å². The minimum Gasteiger partial charge on any atom is -0.497 e. The predicted octanol–water partition coefficient (Wildman–Crippen LogP) is 3.30. The second-order valence-corrected chi connectivity index (χ2v) is 5.55. The van der Waals surface area contributed by atoms with E-state index in [1.807, 2.05) is 13.8 Å². The Morgan fingerprint density at radius 2 is 1.92 bits per heavy atom. The number of hydrogen-bond acceptors (Lipinski definition) is 6. The molecule has 3 rings (SSSR count). The van der Waals surface area contributed by atoms with E-state index in [0.29, 0.717) is 22.8 Å². The number of carbonyl (C=O) groups is 1. The number of esters is 1. The summed E-state index contributed by atoms with van der Waals surface area (Å²) in [6, 6.07) is 8.12. The Hall–Kier alpha value is -2.73. The van der Waals surface area contributed by atoms with Gasteiger partial charge in [0, 0.05) is 6.07 Å². The highest BCUT2D eigenvalue weighted by molar-refractivity contribution is 5.96. The van der Waals surface area contributed by atoms with Gasteiger partial charge in [-0.3, -0.25) is 0 Å². The molecule has 1 N–H and O–H groups in total. The van der Waals surface area contributed by atoms with Gasteiger partial charge in [0.15, 0.2) is 17.2 Å². The van der Waals surface area contributed by atoms with E-state index in [9.17, 15) is 9.90 Å². The number of methoxy groups -OCH3 is 1. The molecule has 2 aromatic rings. The maximum absolute atomic E-state index is 12.4. The lowest BCUT2D eigenvalue weighted by Crippen LogP contribution is -2.11. The van der Waals surface area contributed by atoms with Crippen molar-refractivity contribution in [2.45, 2.75) is 26.6 Å². The summed E-state index contributed by atoms with van der Waals surface area (Å²) in [6.07, 6.45) is -0.0809. The first-order valence-electron chi connectivity index (χ1n) is 7.55. The second kappa shape index (κ2) is 6.41. The standard InChI is InChI=1S/C18H18O6/c1-10(2)22-14-7-5-12-17(13(14)9-19)23-15-6-4-11(21-3)8-16(15)24-18(12)20/h4-8,10,19H,9H2,1-3H3. The lowest BCUT2D eigenvalue weighted by Gasteiger charge is -2.17. The lowest BCUT2D eigenvalue weighted by molar-refractivity contribution is 0.0737. The van der Waals surface area contributed by atoms with Crippen molar-refractivity contribution in [3.05, 3.63) is 41.5 Å². The Kier molecular flexibility index (Phi) is 4.31. The van der Waals surface area contributed by atoms with Crippen LogP contribution in [-0.4, -0.2) is 24.3 Å². The van der Waals surface area contributed by atoms with Crippen molar-refractivity contribution < 1.29 is 28.8 Å². The van der Waals surface area contributed by atoms with Gasteiger partial charge in [0.25, 0.3) is 0 Å². The minimum atomic E-state index is -0.567. The molecule has 0 unspecified atom stereocenters. The average Bonchev–Trinajstić information content (AvgIpc) is 2.69. The van der Waals surface area contributed by atoms with E-state index in [1.54, 1.807) is 30.3 Å². The average molecular weight is 330 g/mol. The summed E-state index contributed by atoms with van der Waals surface area (Å²) in [7, 11) is 1.52. The Balaban J connectivity index is 2.12. The Labute approximate surface area is 139 Å². The van der Waals surface area contributed by atoms with Crippen LogP contribution in [0.2, 0.25) is 0 Å². The van der Waals surface area contributed by atoms with Crippen molar-refractivity contribution in [3.63, 3.8) is 0 Å². The molecule has 6 nitrogen and oxygen atoms in total. The van der Waals surface area contributed by atoms with Crippen molar-refractivity contribution in [3.8, 4) is 28.7 Å². The number of fused-ring (bicyclic) bond motifs is 2. The number of ether oxygens (including phenoxy) is 4. The third-order valence-corrected chi connectivity index (χ3v) is 3.52. The van der Waals surface area contributed by atoms with Crippen molar-refractivity contribution in [2.75, 3.05) is 7.11 Å². The summed E-state index contributed by atoms with van der Waals surface area (Å²) in [6.45, 7) is 3.43. The molecule has 1 aliphatic rings. The van der Waals surface area contributed by atoms with Gasteiger partial charge in [0.1, 0.15) is 17.1 Å². The third-order valence-electron chi connectivity index (χ3n) is 3.52. The summed E-state index contributed by atoms with van der Waals surface area (Å²) >= 11 is 0. The van der Waals surface area contributed by atoms with Gasteiger partial charge in [-0.15, -0.1) is 0 Å². The van der Waals surface area contributed by atoms with Gasteiger partial charge < -0.3 is 24.1 Å². The number of hydrogen-bond donors (Lipinski definition) is 1. The molecule has 0 saturated carbocycles. The summed E-state index contributed by atoms with van der Waals surface area (Å²) < 4.78 is 22.1. The van der Waals surface area contributed by atoms with Crippen LogP contribution in [0.5, 0.6) is 28.7 Å². The molecule has 0 saturated heterocycles. The van der Waals surface area contributed by atoms with E-state index in [0.717, 1.165) is 0 Å². The van der Waals surface area contributed by atoms with E-state index in [2.05, 4.69) is 0 Å². The number of aliphatic hydroxyl groups is 1. The van der Waals surface area contributed by atoms with E-state index in [1.165, 1.54) is 7.11 Å². The molecule has 0 aliphatic carbocycles. The van der Waals surface area contributed by atoms with Crippen LogP contribution in [0.25, 0.3) is 0 Å². The molecule has 0 fully saturated rings. The zero-order chi connectivity index (χ0) is 17.3. The van der Waals surface area contributed by atoms with Crippen LogP contribution in [0, 0.1) is 0 Å². The van der Waals surface area contributed by atoms with Crippen LogP contribution in [-0.2, 0) is 6.61 Å². The minimum absolute atomic E-state index is 0.0809. The monoisotopic (exact) mass is 330 g/mol. The fourth-order valence-electron chi connectivity index (χ4n) is 2.45. The zero-order valence-corrected chi connectivity index (χ0v) is 13.7. The van der Waals surface area contributed by atoms with Crippen molar-refractivity contribution >= 4 is 5.97 Å². The number of benzene rings is 2. The van der Waals surface area contributed by atoms with Crippen LogP contribution in [0.15, 0.2) is 30.3 Å².